The number of aromatic nitrogens is 1. The van der Waals surface area contributed by atoms with Crippen LogP contribution in [0, 0.1) is 37.5 Å². The lowest BCUT2D eigenvalue weighted by Crippen LogP contribution is -2.59. The van der Waals surface area contributed by atoms with Gasteiger partial charge in [0.15, 0.2) is 11.3 Å². The number of carbonyl (C=O) groups is 12. The van der Waals surface area contributed by atoms with E-state index in [1.807, 2.05) is 0 Å². The van der Waals surface area contributed by atoms with Crippen LogP contribution in [-0.2, 0) is 57.4 Å². The third-order valence-electron chi connectivity index (χ3n) is 16.8. The number of nitrogens with two attached hydrogens (primary N) is 3. The van der Waals surface area contributed by atoms with Gasteiger partial charge in [-0.1, -0.05) is 61.5 Å². The molecule has 1 aromatic rings. The normalized spacial score (nSPS) is 17.6. The van der Waals surface area contributed by atoms with E-state index < -0.39 is 196 Å². The highest BCUT2D eigenvalue weighted by Gasteiger charge is 2.45. The minimum absolute atomic E-state index is 0.104. The monoisotopic (exact) mass is 1290 g/mol. The second-order valence-electron chi connectivity index (χ2n) is 25.3. The molecule has 0 unspecified atom stereocenters. The van der Waals surface area contributed by atoms with Crippen molar-refractivity contribution in [1.82, 2.24) is 45.0 Å². The molecular weight excluding hydrogens is 1200 g/mol. The van der Waals surface area contributed by atoms with Crippen LogP contribution in [0.5, 0.6) is 0 Å². The number of anilines is 1. The molecule has 2 fully saturated rings. The quantitative estimate of drug-likeness (QED) is 0.0255. The molecule has 0 spiro atoms. The number of likely N-dealkylation sites (N-methyl/N-ethyl adjacent to an activating group) is 4. The summed E-state index contributed by atoms with van der Waals surface area (Å²) in [5.74, 6) is -13.3. The van der Waals surface area contributed by atoms with Crippen LogP contribution in [0.4, 0.5) is 5.69 Å². The first-order valence-electron chi connectivity index (χ1n) is 30.6. The van der Waals surface area contributed by atoms with E-state index in [4.69, 9.17) is 31.1 Å². The molecule has 0 saturated carbocycles. The number of hydrogen-bond acceptors (Lipinski definition) is 22. The van der Waals surface area contributed by atoms with E-state index in [0.717, 1.165) is 19.6 Å². The van der Waals surface area contributed by atoms with Crippen molar-refractivity contribution in [2.45, 2.75) is 169 Å². The van der Waals surface area contributed by atoms with Gasteiger partial charge >= 0.3 is 23.9 Å². The Kier molecular flexibility index (Phi) is 24.8. The lowest BCUT2D eigenvalue weighted by molar-refractivity contribution is -0.153. The van der Waals surface area contributed by atoms with Gasteiger partial charge in [0, 0.05) is 46.8 Å². The molecule has 8 amide bonds. The van der Waals surface area contributed by atoms with Crippen molar-refractivity contribution < 1.29 is 81.6 Å². The van der Waals surface area contributed by atoms with Gasteiger partial charge in [-0.3, -0.25) is 43.2 Å². The van der Waals surface area contributed by atoms with Crippen molar-refractivity contribution in [3.63, 3.8) is 0 Å². The number of hydrogen-bond donors (Lipinski definition) is 7. The standard InChI is InChI=1S/C62H90N12O18/c1-27(2)44(67-53(80)41(63)33(11)75)57(84)73-23-17-19-36(73)55(82)69(13)25-38(77)71(15)48(29(5)6)61(88)91-59(86)35-22-21-31(9)51-46(35)66-47-40(43(65)50(79)32(10)52(47)90-51)60(87)92-62(89)49(30(7)8)72(16)39(78)26-70(14)56(83)37-20-18-24-74(37)58(85)45(28(3)4)68-54(81)42(64)34(12)76/h21-22,27-30,33-34,36-37,41-42,44-45,48-49,75-76H,17-20,23-26,63-65H2,1-16H3,(H,67,80)(H,68,81)/t33-,34-,36+,37+,41+,42+,44-,45-,48+,49+/m1/s1. The minimum Gasteiger partial charge on any atom is -0.452 e. The van der Waals surface area contributed by atoms with Crippen molar-refractivity contribution in [2.24, 2.45) is 35.1 Å². The second kappa shape index (κ2) is 30.8. The molecule has 30 heteroatoms. The smallest absolute Gasteiger partial charge is 0.350 e. The highest BCUT2D eigenvalue weighted by atomic mass is 16.6. The summed E-state index contributed by atoms with van der Waals surface area (Å²) in [6.45, 7) is 17.7. The predicted octanol–water partition coefficient (Wildman–Crippen LogP) is -0.579. The summed E-state index contributed by atoms with van der Waals surface area (Å²) in [7, 11) is 5.19. The molecule has 1 aliphatic carbocycles. The maximum Gasteiger partial charge on any atom is 0.350 e. The summed E-state index contributed by atoms with van der Waals surface area (Å²) in [6.07, 6.45) is -1.07. The van der Waals surface area contributed by atoms with E-state index >= 15 is 0 Å². The Morgan fingerprint density at radius 2 is 1.04 bits per heavy atom. The van der Waals surface area contributed by atoms with Crippen molar-refractivity contribution >= 4 is 87.9 Å². The molecule has 0 bridgehead atoms. The second-order valence-corrected chi connectivity index (χ2v) is 25.3. The zero-order chi connectivity index (χ0) is 69.6. The molecular formula is C62H90N12O18. The number of esters is 4. The molecule has 10 N–H and O–H groups in total. The number of nitrogens with one attached hydrogen (secondary N) is 2. The third kappa shape index (κ3) is 16.2. The molecule has 10 atom stereocenters. The molecule has 1 aromatic carbocycles. The number of rotatable bonds is 24. The number of nitrogen functional groups attached to an aromatic ring is 1. The molecule has 0 aromatic heterocycles. The van der Waals surface area contributed by atoms with Crippen molar-refractivity contribution in [3.8, 4) is 11.5 Å². The van der Waals surface area contributed by atoms with E-state index in [2.05, 4.69) is 15.6 Å². The van der Waals surface area contributed by atoms with E-state index in [1.165, 1.54) is 70.9 Å². The SMILES string of the molecule is Cc1c2oc3c(C)ccc(C(=O)OC(=O)[C@H](C(C)C)N(C)C(=O)CN(C)C(=O)[C@@H]4CCCN4C(=O)[C@H](NC(=O)[C@@H](N)[C@@H](C)O)C(C)C)c3nc-2c(C(=O)OC(=O)[C@H](C(C)C)N(C)C(=O)CN(C)C(=O)[C@@H]2CCCN2C(=O)[C@H](NC(=O)[C@@H](N)[C@@H](C)O)C(C)C)c(N)c1=O. The van der Waals surface area contributed by atoms with E-state index in [-0.39, 0.29) is 48.4 Å². The molecule has 4 aliphatic rings. The first-order chi connectivity index (χ1) is 42.8. The van der Waals surface area contributed by atoms with Crippen LogP contribution in [0.25, 0.3) is 22.6 Å². The maximum absolute atomic E-state index is 14.3. The van der Waals surface area contributed by atoms with Gasteiger partial charge in [0.1, 0.15) is 65.1 Å². The summed E-state index contributed by atoms with van der Waals surface area (Å²) in [6, 6.07) is -7.12. The molecule has 3 aliphatic heterocycles. The topological polar surface area (TPSA) is 428 Å². The third-order valence-corrected chi connectivity index (χ3v) is 16.8. The van der Waals surface area contributed by atoms with Crippen molar-refractivity contribution in [3.05, 3.63) is 44.6 Å². The molecule has 92 heavy (non-hydrogen) atoms. The van der Waals surface area contributed by atoms with Gasteiger partial charge in [-0.15, -0.1) is 0 Å². The number of carbonyl (C=O) groups excluding carboxylic acids is 12. The van der Waals surface area contributed by atoms with Crippen LogP contribution in [0.3, 0.4) is 0 Å². The number of aliphatic hydroxyl groups is 2. The largest absolute Gasteiger partial charge is 0.452 e. The van der Waals surface area contributed by atoms with Gasteiger partial charge in [-0.05, 0) is 88.7 Å². The highest BCUT2D eigenvalue weighted by molar-refractivity contribution is 6.10. The zero-order valence-electron chi connectivity index (χ0n) is 55.2. The average Bonchev–Trinajstić information content (AvgIpc) is 0.922. The Morgan fingerprint density at radius 3 is 1.42 bits per heavy atom. The molecule has 0 radical (unpaired) electrons. The summed E-state index contributed by atoms with van der Waals surface area (Å²) in [5.41, 5.74) is 14.5. The van der Waals surface area contributed by atoms with Crippen LogP contribution < -0.4 is 33.3 Å². The maximum atomic E-state index is 14.3. The van der Waals surface area contributed by atoms with Crippen LogP contribution in [0.1, 0.15) is 127 Å². The first-order valence-corrected chi connectivity index (χ1v) is 30.6. The van der Waals surface area contributed by atoms with Crippen LogP contribution in [0.2, 0.25) is 0 Å². The minimum atomic E-state index is -1.51. The van der Waals surface area contributed by atoms with Crippen LogP contribution in [0.15, 0.2) is 21.3 Å². The number of aryl methyl sites for hydroxylation is 1. The molecule has 3 heterocycles. The zero-order valence-corrected chi connectivity index (χ0v) is 55.2. The Balaban J connectivity index is 1.35. The molecule has 30 nitrogen and oxygen atoms in total. The molecule has 5 rings (SSSR count). The van der Waals surface area contributed by atoms with E-state index in [0.29, 0.717) is 18.4 Å². The number of aliphatic hydroxyl groups excluding tert-OH is 2. The number of benzene rings is 2. The van der Waals surface area contributed by atoms with Gasteiger partial charge < -0.3 is 81.3 Å². The first kappa shape index (κ1) is 74.2. The molecule has 506 valence electrons. The Morgan fingerprint density at radius 1 is 0.641 bits per heavy atom. The van der Waals surface area contributed by atoms with Crippen LogP contribution >= 0.6 is 0 Å². The summed E-state index contributed by atoms with van der Waals surface area (Å²) < 4.78 is 17.0. The number of ether oxygens (including phenoxy) is 2. The van der Waals surface area contributed by atoms with E-state index in [1.54, 1.807) is 62.3 Å². The van der Waals surface area contributed by atoms with Gasteiger partial charge in [0.2, 0.25) is 52.7 Å². The summed E-state index contributed by atoms with van der Waals surface area (Å²) in [5, 5.41) is 24.9. The predicted molar refractivity (Wildman–Crippen MR) is 332 cm³/mol. The summed E-state index contributed by atoms with van der Waals surface area (Å²) in [4.78, 5) is 191. The average molecular weight is 1290 g/mol. The highest BCUT2D eigenvalue weighted by Crippen LogP contribution is 2.36. The van der Waals surface area contributed by atoms with Crippen molar-refractivity contribution in [1.29, 1.82) is 0 Å². The Labute approximate surface area is 533 Å². The van der Waals surface area contributed by atoms with E-state index in [9.17, 15) is 72.5 Å². The fourth-order valence-electron chi connectivity index (χ4n) is 11.2. The number of amides is 8. The summed E-state index contributed by atoms with van der Waals surface area (Å²) >= 11 is 0. The number of nitrogens with zero attached hydrogens (tertiary/aromatic N) is 7. The van der Waals surface area contributed by atoms with Crippen molar-refractivity contribution in [2.75, 3.05) is 60.1 Å². The number of fused-ring (bicyclic) bond motifs is 2. The Hall–Kier alpha value is -8.48. The number of likely N-dealkylation sites (tertiary alicyclic amines) is 2. The lowest BCUT2D eigenvalue weighted by Gasteiger charge is -2.34. The molecule has 2 saturated heterocycles. The van der Waals surface area contributed by atoms with Crippen LogP contribution in [-0.4, -0.2) is 231 Å². The fraction of sp³-hybridized carbons (Fsp3) is 0.613. The van der Waals surface area contributed by atoms with Gasteiger partial charge in [0.05, 0.1) is 36.5 Å². The van der Waals surface area contributed by atoms with Gasteiger partial charge in [-0.25, -0.2) is 24.2 Å². The Bertz CT molecular complexity index is 3380. The lowest BCUT2D eigenvalue weighted by atomic mass is 10.00. The van der Waals surface area contributed by atoms with Gasteiger partial charge in [0.25, 0.3) is 0 Å². The fourth-order valence-corrected chi connectivity index (χ4v) is 11.2. The van der Waals surface area contributed by atoms with Gasteiger partial charge in [-0.2, -0.15) is 0 Å².